The fraction of sp³-hybridized carbons (Fsp3) is 0.526. The molecule has 1 N–H and O–H groups in total. The molecule has 2 aliphatic rings. The van der Waals surface area contributed by atoms with E-state index in [1.165, 1.54) is 28.5 Å². The van der Waals surface area contributed by atoms with Crippen molar-refractivity contribution in [1.29, 1.82) is 0 Å². The van der Waals surface area contributed by atoms with Crippen molar-refractivity contribution >= 4 is 51.4 Å². The van der Waals surface area contributed by atoms with Gasteiger partial charge in [0.15, 0.2) is 5.96 Å². The smallest absolute Gasteiger partial charge is 0.193 e. The van der Waals surface area contributed by atoms with E-state index in [-0.39, 0.29) is 24.0 Å². The first-order valence-electron chi connectivity index (χ1n) is 8.78. The van der Waals surface area contributed by atoms with E-state index in [1.807, 2.05) is 18.4 Å². The van der Waals surface area contributed by atoms with Gasteiger partial charge in [0.1, 0.15) is 0 Å². The predicted octanol–water partition coefficient (Wildman–Crippen LogP) is 3.75. The molecule has 2 saturated heterocycles. The maximum Gasteiger partial charge on any atom is 0.193 e. The third-order valence-corrected chi connectivity index (χ3v) is 6.39. The van der Waals surface area contributed by atoms with Gasteiger partial charge in [-0.1, -0.05) is 18.2 Å². The van der Waals surface area contributed by atoms with Gasteiger partial charge in [0.25, 0.3) is 0 Å². The minimum absolute atomic E-state index is 0. The Morgan fingerprint density at radius 2 is 2.24 bits per heavy atom. The van der Waals surface area contributed by atoms with E-state index >= 15 is 0 Å². The molecular weight excluding hydrogens is 445 g/mol. The van der Waals surface area contributed by atoms with E-state index in [0.717, 1.165) is 45.2 Å². The Hall–Kier alpha value is -0.860. The lowest BCUT2D eigenvalue weighted by molar-refractivity contribution is 0.156. The molecule has 1 spiro atoms. The number of fused-ring (bicyclic) bond motifs is 1. The molecule has 0 saturated carbocycles. The van der Waals surface area contributed by atoms with Crippen LogP contribution in [0.25, 0.3) is 10.1 Å². The summed E-state index contributed by atoms with van der Waals surface area (Å²) in [4.78, 5) is 6.90. The van der Waals surface area contributed by atoms with Crippen molar-refractivity contribution in [1.82, 2.24) is 10.2 Å². The zero-order chi connectivity index (χ0) is 16.4. The van der Waals surface area contributed by atoms with Gasteiger partial charge in [-0.3, -0.25) is 4.99 Å². The monoisotopic (exact) mass is 471 g/mol. The molecule has 4 rings (SSSR count). The van der Waals surface area contributed by atoms with Crippen LogP contribution in [0.15, 0.2) is 34.6 Å². The lowest BCUT2D eigenvalue weighted by Gasteiger charge is -2.24. The first-order chi connectivity index (χ1) is 11.8. The molecule has 1 unspecified atom stereocenters. The van der Waals surface area contributed by atoms with Gasteiger partial charge in [-0.15, -0.1) is 35.3 Å². The van der Waals surface area contributed by atoms with E-state index in [0.29, 0.717) is 5.41 Å². The normalized spacial score (nSPS) is 23.4. The molecule has 4 nitrogen and oxygen atoms in total. The van der Waals surface area contributed by atoms with Crippen LogP contribution in [0.4, 0.5) is 0 Å². The van der Waals surface area contributed by atoms with Gasteiger partial charge in [-0.2, -0.15) is 0 Å². The summed E-state index contributed by atoms with van der Waals surface area (Å²) in [5.41, 5.74) is 1.81. The lowest BCUT2D eigenvalue weighted by atomic mass is 9.87. The molecule has 2 fully saturated rings. The van der Waals surface area contributed by atoms with Crippen LogP contribution in [0.1, 0.15) is 18.4 Å². The van der Waals surface area contributed by atoms with Gasteiger partial charge in [-0.25, -0.2) is 0 Å². The van der Waals surface area contributed by atoms with E-state index < -0.39 is 0 Å². The average molecular weight is 471 g/mol. The number of likely N-dealkylation sites (tertiary alicyclic amines) is 1. The van der Waals surface area contributed by atoms with Crippen molar-refractivity contribution in [3.8, 4) is 0 Å². The number of hydrogen-bond donors (Lipinski definition) is 1. The summed E-state index contributed by atoms with van der Waals surface area (Å²) in [5, 5.41) is 7.24. The van der Waals surface area contributed by atoms with Crippen molar-refractivity contribution in [3.05, 3.63) is 35.2 Å². The zero-order valence-corrected chi connectivity index (χ0v) is 17.8. The molecule has 25 heavy (non-hydrogen) atoms. The minimum atomic E-state index is 0. The molecule has 2 aliphatic heterocycles. The molecule has 1 atom stereocenters. The SMILES string of the molecule is CN=C(NCCc1csc2ccccc12)N1CCC2(CCOC2)C1.I. The van der Waals surface area contributed by atoms with Gasteiger partial charge in [-0.05, 0) is 41.7 Å². The fourth-order valence-corrected chi connectivity index (χ4v) is 4.95. The van der Waals surface area contributed by atoms with Crippen LogP contribution in [-0.4, -0.2) is 50.8 Å². The second-order valence-corrected chi connectivity index (χ2v) is 7.87. The van der Waals surface area contributed by atoms with E-state index in [4.69, 9.17) is 4.74 Å². The topological polar surface area (TPSA) is 36.9 Å². The maximum absolute atomic E-state index is 5.63. The average Bonchev–Trinajstić information content (AvgIpc) is 3.34. The first kappa shape index (κ1) is 18.9. The molecule has 0 bridgehead atoms. The van der Waals surface area contributed by atoms with Crippen molar-refractivity contribution in [2.75, 3.05) is 39.9 Å². The number of aliphatic imine (C=N–C) groups is 1. The van der Waals surface area contributed by atoms with E-state index in [2.05, 4.69) is 44.9 Å². The number of hydrogen-bond acceptors (Lipinski definition) is 3. The van der Waals surface area contributed by atoms with Gasteiger partial charge in [0.2, 0.25) is 0 Å². The van der Waals surface area contributed by atoms with Crippen LogP contribution in [0, 0.1) is 5.41 Å². The number of halogens is 1. The van der Waals surface area contributed by atoms with Crippen molar-refractivity contribution in [2.24, 2.45) is 10.4 Å². The number of nitrogens with zero attached hydrogens (tertiary/aromatic N) is 2. The van der Waals surface area contributed by atoms with Gasteiger partial charge < -0.3 is 15.0 Å². The standard InChI is InChI=1S/C19H25N3OS.HI/c1-20-18(22-10-7-19(13-22)8-11-23-14-19)21-9-6-15-12-24-17-5-3-2-4-16(15)17;/h2-5,12H,6-11,13-14H2,1H3,(H,20,21);1H. The Morgan fingerprint density at radius 1 is 1.36 bits per heavy atom. The summed E-state index contributed by atoms with van der Waals surface area (Å²) in [5.74, 6) is 1.04. The van der Waals surface area contributed by atoms with Crippen LogP contribution in [0.2, 0.25) is 0 Å². The predicted molar refractivity (Wildman–Crippen MR) is 116 cm³/mol. The number of guanidine groups is 1. The molecular formula is C19H26IN3OS. The van der Waals surface area contributed by atoms with Crippen molar-refractivity contribution in [2.45, 2.75) is 19.3 Å². The van der Waals surface area contributed by atoms with Gasteiger partial charge in [0, 0.05) is 43.4 Å². The second kappa shape index (κ2) is 8.22. The largest absolute Gasteiger partial charge is 0.381 e. The summed E-state index contributed by atoms with van der Waals surface area (Å²) < 4.78 is 7.00. The Bertz CT molecular complexity index is 739. The maximum atomic E-state index is 5.63. The summed E-state index contributed by atoms with van der Waals surface area (Å²) in [6.07, 6.45) is 3.45. The highest BCUT2D eigenvalue weighted by atomic mass is 127. The molecule has 3 heterocycles. The molecule has 1 aromatic carbocycles. The minimum Gasteiger partial charge on any atom is -0.381 e. The molecule has 6 heteroatoms. The number of rotatable bonds is 3. The Kier molecular flexibility index (Phi) is 6.22. The summed E-state index contributed by atoms with van der Waals surface area (Å²) in [7, 11) is 1.89. The number of nitrogens with one attached hydrogen (secondary N) is 1. The Balaban J connectivity index is 0.00000182. The summed E-state index contributed by atoms with van der Waals surface area (Å²) in [6, 6.07) is 8.65. The molecule has 0 aliphatic carbocycles. The van der Waals surface area contributed by atoms with Gasteiger partial charge >= 0.3 is 0 Å². The van der Waals surface area contributed by atoms with E-state index in [9.17, 15) is 0 Å². The molecule has 1 aromatic heterocycles. The first-order valence-corrected chi connectivity index (χ1v) is 9.66. The number of ether oxygens (including phenoxy) is 1. The molecule has 0 radical (unpaired) electrons. The van der Waals surface area contributed by atoms with Crippen LogP contribution >= 0.6 is 35.3 Å². The third kappa shape index (κ3) is 3.95. The second-order valence-electron chi connectivity index (χ2n) is 6.96. The van der Waals surface area contributed by atoms with Gasteiger partial charge in [0.05, 0.1) is 6.61 Å². The van der Waals surface area contributed by atoms with Crippen LogP contribution in [0.5, 0.6) is 0 Å². The number of benzene rings is 1. The van der Waals surface area contributed by atoms with Crippen molar-refractivity contribution in [3.63, 3.8) is 0 Å². The quantitative estimate of drug-likeness (QED) is 0.421. The van der Waals surface area contributed by atoms with Crippen molar-refractivity contribution < 1.29 is 4.74 Å². The van der Waals surface area contributed by atoms with Crippen LogP contribution in [-0.2, 0) is 11.2 Å². The molecule has 136 valence electrons. The highest BCUT2D eigenvalue weighted by Crippen LogP contribution is 2.38. The molecule has 2 aromatic rings. The van der Waals surface area contributed by atoms with Crippen LogP contribution < -0.4 is 5.32 Å². The highest BCUT2D eigenvalue weighted by molar-refractivity contribution is 14.0. The zero-order valence-electron chi connectivity index (χ0n) is 14.7. The highest BCUT2D eigenvalue weighted by Gasteiger charge is 2.42. The summed E-state index contributed by atoms with van der Waals surface area (Å²) >= 11 is 1.83. The Labute approximate surface area is 170 Å². The fourth-order valence-electron chi connectivity index (χ4n) is 3.95. The van der Waals surface area contributed by atoms with E-state index in [1.54, 1.807) is 0 Å². The van der Waals surface area contributed by atoms with Crippen LogP contribution in [0.3, 0.4) is 0 Å². The third-order valence-electron chi connectivity index (χ3n) is 5.37. The summed E-state index contributed by atoms with van der Waals surface area (Å²) in [6.45, 7) is 4.93. The lowest BCUT2D eigenvalue weighted by Crippen LogP contribution is -2.42. The molecule has 0 amide bonds. The number of thiophene rings is 1. The Morgan fingerprint density at radius 3 is 3.04 bits per heavy atom.